The number of rotatable bonds is 2. The summed E-state index contributed by atoms with van der Waals surface area (Å²) in [4.78, 5) is 14.5. The Bertz CT molecular complexity index is 733. The van der Waals surface area contributed by atoms with E-state index in [1.165, 1.54) is 0 Å². The summed E-state index contributed by atoms with van der Waals surface area (Å²) in [6.07, 6.45) is -0.302. The SMILES string of the molecule is COc1ccc2c3c1C(NC(C)(C)C)C(O)CC3CN2C(=O)OC(C)(C)C. The molecule has 150 valence electrons. The van der Waals surface area contributed by atoms with Gasteiger partial charge in [-0.05, 0) is 65.7 Å². The third kappa shape index (κ3) is 3.92. The zero-order chi connectivity index (χ0) is 20.1. The molecule has 3 unspecified atom stereocenters. The van der Waals surface area contributed by atoms with Gasteiger partial charge < -0.3 is 19.9 Å². The number of ether oxygens (including phenoxy) is 2. The van der Waals surface area contributed by atoms with Crippen LogP contribution in [0, 0.1) is 0 Å². The molecule has 2 N–H and O–H groups in total. The van der Waals surface area contributed by atoms with Gasteiger partial charge in [-0.2, -0.15) is 0 Å². The Hall–Kier alpha value is -1.79. The Labute approximate surface area is 161 Å². The minimum atomic E-state index is -0.555. The van der Waals surface area contributed by atoms with E-state index in [1.54, 1.807) is 12.0 Å². The first kappa shape index (κ1) is 20.0. The van der Waals surface area contributed by atoms with Crippen LogP contribution in [0.4, 0.5) is 10.5 Å². The Kier molecular flexibility index (Phi) is 4.93. The molecule has 1 aromatic rings. The lowest BCUT2D eigenvalue weighted by molar-refractivity contribution is 0.0575. The average Bonchev–Trinajstić information content (AvgIpc) is 2.88. The Morgan fingerprint density at radius 3 is 2.41 bits per heavy atom. The molecule has 0 bridgehead atoms. The van der Waals surface area contributed by atoms with Crippen LogP contribution in [0.3, 0.4) is 0 Å². The first-order valence-electron chi connectivity index (χ1n) is 9.58. The molecule has 6 nitrogen and oxygen atoms in total. The van der Waals surface area contributed by atoms with E-state index >= 15 is 0 Å². The van der Waals surface area contributed by atoms with Gasteiger partial charge in [0.05, 0.1) is 24.9 Å². The summed E-state index contributed by atoms with van der Waals surface area (Å²) >= 11 is 0. The van der Waals surface area contributed by atoms with Crippen molar-refractivity contribution >= 4 is 11.8 Å². The van der Waals surface area contributed by atoms with E-state index in [0.717, 1.165) is 22.6 Å². The second kappa shape index (κ2) is 6.67. The minimum absolute atomic E-state index is 0.0747. The lowest BCUT2D eigenvalue weighted by Crippen LogP contribution is -2.46. The molecule has 2 aliphatic rings. The normalized spacial score (nSPS) is 24.6. The highest BCUT2D eigenvalue weighted by atomic mass is 16.6. The van der Waals surface area contributed by atoms with Crippen LogP contribution in [0.1, 0.15) is 71.0 Å². The molecule has 1 amide bonds. The predicted octanol–water partition coefficient (Wildman–Crippen LogP) is 3.73. The molecule has 1 aromatic carbocycles. The van der Waals surface area contributed by atoms with E-state index in [2.05, 4.69) is 26.1 Å². The van der Waals surface area contributed by atoms with E-state index < -0.39 is 11.7 Å². The Morgan fingerprint density at radius 1 is 1.19 bits per heavy atom. The van der Waals surface area contributed by atoms with Crippen molar-refractivity contribution in [3.63, 3.8) is 0 Å². The van der Waals surface area contributed by atoms with Crippen molar-refractivity contribution in [2.75, 3.05) is 18.6 Å². The minimum Gasteiger partial charge on any atom is -0.496 e. The van der Waals surface area contributed by atoms with Crippen molar-refractivity contribution in [3.8, 4) is 5.75 Å². The van der Waals surface area contributed by atoms with E-state index in [-0.39, 0.29) is 23.6 Å². The molecule has 0 radical (unpaired) electrons. The summed E-state index contributed by atoms with van der Waals surface area (Å²) in [5, 5.41) is 14.4. The summed E-state index contributed by atoms with van der Waals surface area (Å²) in [6.45, 7) is 12.3. The summed E-state index contributed by atoms with van der Waals surface area (Å²) in [7, 11) is 1.64. The Balaban J connectivity index is 2.06. The van der Waals surface area contributed by atoms with Gasteiger partial charge in [-0.1, -0.05) is 0 Å². The molecule has 6 heteroatoms. The maximum Gasteiger partial charge on any atom is 0.414 e. The van der Waals surface area contributed by atoms with Gasteiger partial charge in [-0.25, -0.2) is 4.79 Å². The van der Waals surface area contributed by atoms with Crippen molar-refractivity contribution in [1.82, 2.24) is 5.32 Å². The average molecular weight is 376 g/mol. The summed E-state index contributed by atoms with van der Waals surface area (Å²) in [5.41, 5.74) is 2.18. The van der Waals surface area contributed by atoms with E-state index in [4.69, 9.17) is 9.47 Å². The second-order valence-electron chi connectivity index (χ2n) is 9.58. The molecule has 0 saturated carbocycles. The smallest absolute Gasteiger partial charge is 0.414 e. The van der Waals surface area contributed by atoms with Gasteiger partial charge in [0.25, 0.3) is 0 Å². The number of methoxy groups -OCH3 is 1. The first-order chi connectivity index (χ1) is 12.4. The molecular formula is C21H32N2O4. The number of amides is 1. The molecule has 3 rings (SSSR count). The monoisotopic (exact) mass is 376 g/mol. The van der Waals surface area contributed by atoms with E-state index in [0.29, 0.717) is 13.0 Å². The quantitative estimate of drug-likeness (QED) is 0.823. The van der Waals surface area contributed by atoms with Gasteiger partial charge in [0.1, 0.15) is 11.4 Å². The van der Waals surface area contributed by atoms with Gasteiger partial charge in [0, 0.05) is 23.6 Å². The molecule has 27 heavy (non-hydrogen) atoms. The number of hydrogen-bond donors (Lipinski definition) is 2. The molecule has 1 aliphatic heterocycles. The Morgan fingerprint density at radius 2 is 1.85 bits per heavy atom. The molecule has 3 atom stereocenters. The van der Waals surface area contributed by atoms with Gasteiger partial charge in [-0.3, -0.25) is 4.90 Å². The second-order valence-corrected chi connectivity index (χ2v) is 9.58. The first-order valence-corrected chi connectivity index (χ1v) is 9.58. The number of hydrogen-bond acceptors (Lipinski definition) is 5. The number of aliphatic hydroxyl groups excluding tert-OH is 1. The van der Waals surface area contributed by atoms with Gasteiger partial charge >= 0.3 is 6.09 Å². The van der Waals surface area contributed by atoms with E-state index in [9.17, 15) is 9.90 Å². The number of benzene rings is 1. The number of nitrogens with zero attached hydrogens (tertiary/aromatic N) is 1. The molecule has 1 aliphatic carbocycles. The highest BCUT2D eigenvalue weighted by Crippen LogP contribution is 2.51. The fourth-order valence-corrected chi connectivity index (χ4v) is 4.12. The van der Waals surface area contributed by atoms with Crippen molar-refractivity contribution < 1.29 is 19.4 Å². The topological polar surface area (TPSA) is 71.0 Å². The van der Waals surface area contributed by atoms with Crippen LogP contribution >= 0.6 is 0 Å². The standard InChI is InChI=1S/C21H32N2O4/c1-20(2,3)22-18-14(24)10-12-11-23(19(25)27-21(4,5)6)13-8-9-15(26-7)17(18)16(12)13/h8-9,12,14,18,22,24H,10-11H2,1-7H3. The van der Waals surface area contributed by atoms with Crippen LogP contribution in [0.2, 0.25) is 0 Å². The van der Waals surface area contributed by atoms with Gasteiger partial charge in [0.15, 0.2) is 0 Å². The molecule has 0 saturated heterocycles. The molecule has 0 fully saturated rings. The van der Waals surface area contributed by atoms with E-state index in [1.807, 2.05) is 32.9 Å². The van der Waals surface area contributed by atoms with Crippen molar-refractivity contribution in [3.05, 3.63) is 23.3 Å². The van der Waals surface area contributed by atoms with Crippen LogP contribution < -0.4 is 15.0 Å². The summed E-state index contributed by atoms with van der Waals surface area (Å²) < 4.78 is 11.2. The van der Waals surface area contributed by atoms with Gasteiger partial charge in [-0.15, -0.1) is 0 Å². The molecule has 0 aromatic heterocycles. The molecule has 0 spiro atoms. The van der Waals surface area contributed by atoms with Crippen LogP contribution in [0.15, 0.2) is 12.1 Å². The number of nitrogens with one attached hydrogen (secondary N) is 1. The van der Waals surface area contributed by atoms with Gasteiger partial charge in [0.2, 0.25) is 0 Å². The summed E-state index contributed by atoms with van der Waals surface area (Å²) in [6, 6.07) is 3.56. The van der Waals surface area contributed by atoms with Crippen molar-refractivity contribution in [2.24, 2.45) is 0 Å². The number of carbonyl (C=O) groups is 1. The summed E-state index contributed by atoms with van der Waals surface area (Å²) in [5.74, 6) is 0.816. The lowest BCUT2D eigenvalue weighted by Gasteiger charge is -2.38. The predicted molar refractivity (Wildman–Crippen MR) is 106 cm³/mol. The zero-order valence-electron chi connectivity index (χ0n) is 17.4. The van der Waals surface area contributed by atoms with Crippen molar-refractivity contribution in [1.29, 1.82) is 0 Å². The fraction of sp³-hybridized carbons (Fsp3) is 0.667. The van der Waals surface area contributed by atoms with Crippen molar-refractivity contribution in [2.45, 2.75) is 77.2 Å². The molecule has 1 heterocycles. The lowest BCUT2D eigenvalue weighted by atomic mass is 9.78. The maximum atomic E-state index is 12.8. The zero-order valence-corrected chi connectivity index (χ0v) is 17.4. The van der Waals surface area contributed by atoms with Crippen LogP contribution in [-0.4, -0.2) is 42.1 Å². The largest absolute Gasteiger partial charge is 0.496 e. The number of anilines is 1. The van der Waals surface area contributed by atoms with Crippen LogP contribution in [0.5, 0.6) is 5.75 Å². The maximum absolute atomic E-state index is 12.8. The number of aliphatic hydroxyl groups is 1. The third-order valence-electron chi connectivity index (χ3n) is 4.97. The van der Waals surface area contributed by atoms with Crippen LogP contribution in [-0.2, 0) is 4.74 Å². The highest BCUT2D eigenvalue weighted by Gasteiger charge is 2.45. The molecular weight excluding hydrogens is 344 g/mol. The van der Waals surface area contributed by atoms with Crippen LogP contribution in [0.25, 0.3) is 0 Å². The fourth-order valence-electron chi connectivity index (χ4n) is 4.12. The number of carbonyl (C=O) groups excluding carboxylic acids is 1. The highest BCUT2D eigenvalue weighted by molar-refractivity contribution is 5.92. The third-order valence-corrected chi connectivity index (χ3v) is 4.97.